The number of aliphatic hydroxyl groups excluding tert-OH is 2. The first-order valence-corrected chi connectivity index (χ1v) is 20.8. The molecule has 15 nitrogen and oxygen atoms in total. The van der Waals surface area contributed by atoms with Crippen LogP contribution in [0.4, 0.5) is 5.69 Å². The summed E-state index contributed by atoms with van der Waals surface area (Å²) in [6.45, 7) is 20.4. The Morgan fingerprint density at radius 3 is 2.23 bits per heavy atom. The van der Waals surface area contributed by atoms with Crippen molar-refractivity contribution in [2.75, 3.05) is 38.0 Å². The van der Waals surface area contributed by atoms with Gasteiger partial charge in [-0.15, -0.1) is 0 Å². The van der Waals surface area contributed by atoms with Crippen LogP contribution in [0, 0.1) is 36.5 Å². The number of carbonyl (C=O) groups excluding carboxylic acids is 3. The van der Waals surface area contributed by atoms with E-state index < -0.39 is 76.8 Å². The number of Topliss-reactive ketones (excluding diaryl/α,β-unsaturated/α-hetero) is 1. The Morgan fingerprint density at radius 1 is 0.933 bits per heavy atom. The molecule has 4 aliphatic heterocycles. The zero-order valence-electron chi connectivity index (χ0n) is 36.4. The highest BCUT2D eigenvalue weighted by atomic mass is 16.7. The summed E-state index contributed by atoms with van der Waals surface area (Å²) in [4.78, 5) is 42.8. The zero-order chi connectivity index (χ0) is 44.4. The van der Waals surface area contributed by atoms with E-state index in [1.165, 1.54) is 46.2 Å². The number of nitrogens with zero attached hydrogens (tertiary/aromatic N) is 3. The van der Waals surface area contributed by atoms with Crippen molar-refractivity contribution < 1.29 is 54.1 Å². The van der Waals surface area contributed by atoms with Crippen LogP contribution in [0.1, 0.15) is 90.2 Å². The van der Waals surface area contributed by atoms with Crippen LogP contribution in [0.3, 0.4) is 0 Å². The Bertz CT molecular complexity index is 2090. The summed E-state index contributed by atoms with van der Waals surface area (Å²) in [6, 6.07) is 0. The third kappa shape index (κ3) is 9.13. The number of anilines is 1. The van der Waals surface area contributed by atoms with Gasteiger partial charge in [0.1, 0.15) is 23.4 Å². The minimum atomic E-state index is -1.99. The summed E-state index contributed by atoms with van der Waals surface area (Å²) in [6.07, 6.45) is 7.22. The molecule has 4 heterocycles. The molecule has 2 aromatic carbocycles. The van der Waals surface area contributed by atoms with Crippen molar-refractivity contribution in [3.8, 4) is 23.0 Å². The maximum absolute atomic E-state index is 14.4. The molecule has 15 heteroatoms. The number of nitrogens with one attached hydrogen (secondary N) is 1. The summed E-state index contributed by atoms with van der Waals surface area (Å²) >= 11 is 0. The molecule has 0 spiro atoms. The number of hydrogen-bond acceptors (Lipinski definition) is 14. The summed E-state index contributed by atoms with van der Waals surface area (Å²) < 4.78 is 17.9. The average molecular weight is 835 g/mol. The number of carbonyl (C=O) groups is 3. The lowest BCUT2D eigenvalue weighted by Gasteiger charge is -2.37. The van der Waals surface area contributed by atoms with Crippen molar-refractivity contribution in [2.45, 2.75) is 99.8 Å². The number of hydrazone groups is 1. The molecule has 6 rings (SSSR count). The van der Waals surface area contributed by atoms with E-state index >= 15 is 0 Å². The lowest BCUT2D eigenvalue weighted by Crippen LogP contribution is -2.45. The highest BCUT2D eigenvalue weighted by Gasteiger charge is 2.50. The van der Waals surface area contributed by atoms with E-state index in [0.717, 1.165) is 26.1 Å². The average Bonchev–Trinajstić information content (AvgIpc) is 3.47. The number of fused-ring (bicyclic) bond motifs is 14. The third-order valence-corrected chi connectivity index (χ3v) is 12.4. The normalized spacial score (nSPS) is 31.7. The number of allylic oxidation sites excluding steroid dienone is 3. The largest absolute Gasteiger partial charge is 0.507 e. The van der Waals surface area contributed by atoms with E-state index in [0.29, 0.717) is 13.1 Å². The minimum absolute atomic E-state index is 0.0666. The lowest BCUT2D eigenvalue weighted by atomic mass is 9.77. The number of phenolic OH excluding ortho intramolecular Hbond substituents is 3. The van der Waals surface area contributed by atoms with Crippen LogP contribution in [0.5, 0.6) is 23.0 Å². The van der Waals surface area contributed by atoms with Gasteiger partial charge in [0, 0.05) is 74.3 Å². The molecule has 60 heavy (non-hydrogen) atoms. The molecule has 6 N–H and O–H groups in total. The van der Waals surface area contributed by atoms with E-state index in [1.54, 1.807) is 39.0 Å². The Hall–Kier alpha value is -5.12. The molecule has 2 aromatic rings. The van der Waals surface area contributed by atoms with Crippen LogP contribution in [0.25, 0.3) is 10.8 Å². The maximum atomic E-state index is 14.4. The van der Waals surface area contributed by atoms with E-state index in [1.807, 2.05) is 18.9 Å². The summed E-state index contributed by atoms with van der Waals surface area (Å²) in [5, 5.41) is 67.1. The quantitative estimate of drug-likeness (QED) is 0.0921. The van der Waals surface area contributed by atoms with Crippen LogP contribution in [0.2, 0.25) is 0 Å². The third-order valence-electron chi connectivity index (χ3n) is 12.4. The molecule has 1 fully saturated rings. The second kappa shape index (κ2) is 18.7. The van der Waals surface area contributed by atoms with Crippen molar-refractivity contribution in [1.82, 2.24) is 9.91 Å². The summed E-state index contributed by atoms with van der Waals surface area (Å²) in [5.41, 5.74) is -0.243. The smallest absolute Gasteiger partial charge is 0.312 e. The van der Waals surface area contributed by atoms with Gasteiger partial charge in [0.25, 0.3) is 11.7 Å². The number of rotatable bonds is 5. The minimum Gasteiger partial charge on any atom is -0.507 e. The molecular formula is C45H62N4O11. The van der Waals surface area contributed by atoms with Crippen LogP contribution in [-0.4, -0.2) is 116 Å². The van der Waals surface area contributed by atoms with Crippen LogP contribution in [-0.2, 0) is 19.1 Å². The van der Waals surface area contributed by atoms with Gasteiger partial charge >= 0.3 is 11.8 Å². The fourth-order valence-electron chi connectivity index (χ4n) is 8.27. The van der Waals surface area contributed by atoms with Crippen LogP contribution < -0.4 is 10.1 Å². The van der Waals surface area contributed by atoms with Crippen molar-refractivity contribution >= 4 is 40.3 Å². The van der Waals surface area contributed by atoms with Crippen molar-refractivity contribution in [2.24, 2.45) is 34.7 Å². The topological polar surface area (TPSA) is 211 Å². The van der Waals surface area contributed by atoms with Gasteiger partial charge in [0.05, 0.1) is 46.9 Å². The van der Waals surface area contributed by atoms with Gasteiger partial charge in [-0.05, 0) is 44.7 Å². The second-order valence-electron chi connectivity index (χ2n) is 16.8. The van der Waals surface area contributed by atoms with E-state index in [4.69, 9.17) is 14.2 Å². The summed E-state index contributed by atoms with van der Waals surface area (Å²) in [5.74, 6) is -8.08. The molecule has 0 saturated carbocycles. The number of piperazine rings is 1. The lowest BCUT2D eigenvalue weighted by molar-refractivity contribution is -0.158. The molecule has 0 radical (unpaired) electrons. The summed E-state index contributed by atoms with van der Waals surface area (Å²) in [7, 11) is 0. The Kier molecular flexibility index (Phi) is 14.3. The molecule has 4 aliphatic rings. The number of hydrogen-bond donors (Lipinski definition) is 6. The number of phenols is 3. The molecule has 1 amide bonds. The predicted octanol–water partition coefficient (Wildman–Crippen LogP) is 5.74. The number of aliphatic hydroxyl groups is 2. The van der Waals surface area contributed by atoms with E-state index in [-0.39, 0.29) is 56.3 Å². The van der Waals surface area contributed by atoms with Crippen LogP contribution in [0.15, 0.2) is 41.2 Å². The van der Waals surface area contributed by atoms with Gasteiger partial charge < -0.3 is 45.1 Å². The molecule has 1 saturated heterocycles. The molecule has 0 aliphatic carbocycles. The van der Waals surface area contributed by atoms with Crippen molar-refractivity contribution in [3.05, 3.63) is 52.8 Å². The van der Waals surface area contributed by atoms with Gasteiger partial charge in [0.2, 0.25) is 0 Å². The van der Waals surface area contributed by atoms with E-state index in [9.17, 15) is 39.9 Å². The van der Waals surface area contributed by atoms with Crippen LogP contribution >= 0.6 is 0 Å². The zero-order valence-corrected chi connectivity index (χ0v) is 36.4. The molecular weight excluding hydrogens is 773 g/mol. The number of aromatic hydroxyl groups is 3. The number of ether oxygens (including phenoxy) is 3. The van der Waals surface area contributed by atoms with Gasteiger partial charge in [-0.2, -0.15) is 5.10 Å². The Labute approximate surface area is 352 Å². The fourth-order valence-corrected chi connectivity index (χ4v) is 8.27. The van der Waals surface area contributed by atoms with Gasteiger partial charge in [0.15, 0.2) is 5.75 Å². The molecule has 328 valence electrons. The van der Waals surface area contributed by atoms with Gasteiger partial charge in [-0.1, -0.05) is 59.8 Å². The highest BCUT2D eigenvalue weighted by molar-refractivity contribution is 6.23. The molecule has 5 bridgehead atoms. The second-order valence-corrected chi connectivity index (χ2v) is 16.8. The first kappa shape index (κ1) is 46.0. The van der Waals surface area contributed by atoms with E-state index in [2.05, 4.69) is 22.2 Å². The van der Waals surface area contributed by atoms with Gasteiger partial charge in [-0.25, -0.2) is 0 Å². The highest BCUT2D eigenvalue weighted by Crippen LogP contribution is 2.55. The molecule has 9 atom stereocenters. The van der Waals surface area contributed by atoms with Gasteiger partial charge in [-0.3, -0.25) is 24.3 Å². The number of ketones is 1. The first-order chi connectivity index (χ1) is 28.2. The first-order valence-electron chi connectivity index (χ1n) is 20.8. The Morgan fingerprint density at radius 2 is 1.60 bits per heavy atom. The number of amides is 1. The monoisotopic (exact) mass is 834 g/mol. The molecule has 0 unspecified atom stereocenters. The van der Waals surface area contributed by atoms with Crippen molar-refractivity contribution in [1.29, 1.82) is 0 Å². The number of esters is 1. The SMILES string of the molecule is CCCN1CCN(/N=C\c2c3c(O)c4c(O)c(C)c5c(c4c2O)C(=O)[C@@](C)(O/C=C/[C@H](C)[C@@H](C)[C@@H](OC(C)=O)[C@H](C)[C@H](O)[C@H](C)[C@@H](O)[C@@H](C)/C=C/C=C(/C)C(=O)N3)O5)CC1. The molecule has 0 aromatic heterocycles. The Balaban J connectivity index is 1.67. The standard InChI is InChI=1S/C45H62N4O11/c1-11-16-48-17-19-49(20-18-48)46-22-31-35-40(55)33-32(39(31)54)34-42(29(8)38(33)53)60-45(10,43(34)56)58-21-15-23(2)26(5)41(59-30(9)50)28(7)37(52)27(6)36(51)24(3)13-12-14-25(4)44(57)47-35/h12-15,21-24,26-28,36-37,41,51-55H,11,16-20H2,1-10H3,(H,47,57)/b13-12+,21-15+,25-14-,46-22-/t23-,24-,26+,27+,28+,36-,37+,41+,45-/m0/s1. The maximum Gasteiger partial charge on any atom is 0.312 e. The fraction of sp³-hybridized carbons (Fsp3) is 0.556. The number of benzene rings is 2. The predicted molar refractivity (Wildman–Crippen MR) is 228 cm³/mol. The van der Waals surface area contributed by atoms with Crippen molar-refractivity contribution in [3.63, 3.8) is 0 Å².